The molecular weight excluding hydrogens is 314 g/mol. The molecule has 1 aromatic rings. The molecule has 5 nitrogen and oxygen atoms in total. The van der Waals surface area contributed by atoms with Crippen molar-refractivity contribution in [1.82, 2.24) is 4.90 Å². The summed E-state index contributed by atoms with van der Waals surface area (Å²) in [6.45, 7) is 2.43. The molecule has 0 spiro atoms. The Bertz CT molecular complexity index is 511. The first-order valence-corrected chi connectivity index (χ1v) is 6.66. The van der Waals surface area contributed by atoms with Crippen LogP contribution in [0.2, 0.25) is 0 Å². The van der Waals surface area contributed by atoms with Crippen LogP contribution in [0.5, 0.6) is 5.75 Å². The van der Waals surface area contributed by atoms with Crippen molar-refractivity contribution in [1.29, 1.82) is 0 Å². The number of nitrogens with zero attached hydrogens (tertiary/aromatic N) is 1. The summed E-state index contributed by atoms with van der Waals surface area (Å²) in [5, 5.41) is 8.73. The summed E-state index contributed by atoms with van der Waals surface area (Å²) in [5.41, 5.74) is 1.09. The third-order valence-corrected chi connectivity index (χ3v) is 3.64. The van der Waals surface area contributed by atoms with E-state index in [-0.39, 0.29) is 25.6 Å². The Kier molecular flexibility index (Phi) is 4.09. The lowest BCUT2D eigenvalue weighted by Crippen LogP contribution is -2.54. The highest BCUT2D eigenvalue weighted by atomic mass is 79.9. The summed E-state index contributed by atoms with van der Waals surface area (Å²) in [5.74, 6) is -0.874. The second-order valence-electron chi connectivity index (χ2n) is 4.56. The monoisotopic (exact) mass is 327 g/mol. The molecule has 0 aromatic heterocycles. The zero-order chi connectivity index (χ0) is 14.0. The predicted molar refractivity (Wildman–Crippen MR) is 72.1 cm³/mol. The lowest BCUT2D eigenvalue weighted by Gasteiger charge is -2.36. The van der Waals surface area contributed by atoms with E-state index in [9.17, 15) is 9.59 Å². The molecule has 1 heterocycles. The summed E-state index contributed by atoms with van der Waals surface area (Å²) >= 11 is 3.37. The highest BCUT2D eigenvalue weighted by Gasteiger charge is 2.35. The number of hydrogen-bond donors (Lipinski definition) is 1. The molecule has 1 N–H and O–H groups in total. The van der Waals surface area contributed by atoms with E-state index in [4.69, 9.17) is 9.84 Å². The number of carboxylic acid groups (broad SMARTS) is 1. The van der Waals surface area contributed by atoms with E-state index in [0.29, 0.717) is 5.75 Å². The number of rotatable bonds is 4. The summed E-state index contributed by atoms with van der Waals surface area (Å²) in [6, 6.07) is 5.60. The third-order valence-electron chi connectivity index (χ3n) is 3.02. The van der Waals surface area contributed by atoms with Crippen molar-refractivity contribution >= 4 is 27.8 Å². The fourth-order valence-corrected chi connectivity index (χ4v) is 2.40. The van der Waals surface area contributed by atoms with Crippen LogP contribution in [0.25, 0.3) is 0 Å². The number of carbonyl (C=O) groups excluding carboxylic acids is 1. The van der Waals surface area contributed by atoms with E-state index in [1.165, 1.54) is 4.90 Å². The Labute approximate surface area is 119 Å². The van der Waals surface area contributed by atoms with Crippen LogP contribution in [0.1, 0.15) is 5.56 Å². The average Bonchev–Trinajstić information content (AvgIpc) is 2.25. The van der Waals surface area contributed by atoms with Gasteiger partial charge in [-0.05, 0) is 40.5 Å². The quantitative estimate of drug-likeness (QED) is 0.913. The van der Waals surface area contributed by atoms with E-state index in [1.54, 1.807) is 6.07 Å². The lowest BCUT2D eigenvalue weighted by atomic mass is 10.0. The minimum absolute atomic E-state index is 0.0754. The van der Waals surface area contributed by atoms with Crippen LogP contribution in [0.4, 0.5) is 0 Å². The number of ether oxygens (including phenoxy) is 1. The largest absolute Gasteiger partial charge is 0.483 e. The molecule has 0 atom stereocenters. The fourth-order valence-electron chi connectivity index (χ4n) is 1.79. The number of carboxylic acids is 1. The first-order chi connectivity index (χ1) is 8.97. The molecule has 19 heavy (non-hydrogen) atoms. The number of likely N-dealkylation sites (tertiary alicyclic amines) is 1. The minimum atomic E-state index is -0.855. The number of aliphatic carboxylic acids is 1. The Balaban J connectivity index is 1.83. The molecule has 1 aliphatic rings. The van der Waals surface area contributed by atoms with E-state index in [0.717, 1.165) is 10.0 Å². The van der Waals surface area contributed by atoms with Gasteiger partial charge in [-0.1, -0.05) is 6.07 Å². The molecule has 102 valence electrons. The maximum Gasteiger partial charge on any atom is 0.310 e. The highest BCUT2D eigenvalue weighted by molar-refractivity contribution is 9.10. The first kappa shape index (κ1) is 13.9. The van der Waals surface area contributed by atoms with Crippen molar-refractivity contribution < 1.29 is 19.4 Å². The highest BCUT2D eigenvalue weighted by Crippen LogP contribution is 2.26. The number of aryl methyl sites for hydroxylation is 1. The zero-order valence-electron chi connectivity index (χ0n) is 10.4. The van der Waals surface area contributed by atoms with E-state index in [1.807, 2.05) is 19.1 Å². The Hall–Kier alpha value is -1.56. The van der Waals surface area contributed by atoms with Gasteiger partial charge < -0.3 is 14.7 Å². The van der Waals surface area contributed by atoms with Crippen molar-refractivity contribution in [3.05, 3.63) is 28.2 Å². The minimum Gasteiger partial charge on any atom is -0.483 e. The van der Waals surface area contributed by atoms with Gasteiger partial charge in [0, 0.05) is 13.1 Å². The Morgan fingerprint density at radius 2 is 2.16 bits per heavy atom. The second kappa shape index (κ2) is 5.61. The standard InChI is InChI=1S/C13H14BrNO4/c1-8-2-3-11(10(14)4-8)19-7-12(16)15-5-9(6-15)13(17)18/h2-4,9H,5-7H2,1H3,(H,17,18). The lowest BCUT2D eigenvalue weighted by molar-refractivity contribution is -0.153. The zero-order valence-corrected chi connectivity index (χ0v) is 12.0. The van der Waals surface area contributed by atoms with Crippen LogP contribution in [0, 0.1) is 12.8 Å². The van der Waals surface area contributed by atoms with Crippen molar-refractivity contribution in [2.24, 2.45) is 5.92 Å². The van der Waals surface area contributed by atoms with Crippen molar-refractivity contribution in [3.63, 3.8) is 0 Å². The number of hydrogen-bond acceptors (Lipinski definition) is 3. The predicted octanol–water partition coefficient (Wildman–Crippen LogP) is 1.68. The summed E-state index contributed by atoms with van der Waals surface area (Å²) in [7, 11) is 0. The summed E-state index contributed by atoms with van der Waals surface area (Å²) < 4.78 is 6.22. The number of benzene rings is 1. The SMILES string of the molecule is Cc1ccc(OCC(=O)N2CC(C(=O)O)C2)c(Br)c1. The van der Waals surface area contributed by atoms with E-state index < -0.39 is 11.9 Å². The maximum absolute atomic E-state index is 11.7. The van der Waals surface area contributed by atoms with Gasteiger partial charge in [0.05, 0.1) is 10.4 Å². The molecule has 1 amide bonds. The van der Waals surface area contributed by atoms with Gasteiger partial charge in [0.2, 0.25) is 0 Å². The van der Waals surface area contributed by atoms with Gasteiger partial charge in [-0.25, -0.2) is 0 Å². The van der Waals surface area contributed by atoms with Gasteiger partial charge >= 0.3 is 5.97 Å². The molecule has 1 saturated heterocycles. The topological polar surface area (TPSA) is 66.8 Å². The van der Waals surface area contributed by atoms with Crippen LogP contribution >= 0.6 is 15.9 Å². The Morgan fingerprint density at radius 3 is 2.74 bits per heavy atom. The van der Waals surface area contributed by atoms with E-state index >= 15 is 0 Å². The average molecular weight is 328 g/mol. The second-order valence-corrected chi connectivity index (χ2v) is 5.41. The first-order valence-electron chi connectivity index (χ1n) is 5.87. The normalized spacial score (nSPS) is 14.9. The molecule has 2 rings (SSSR count). The fraction of sp³-hybridized carbons (Fsp3) is 0.385. The molecule has 1 fully saturated rings. The number of carbonyl (C=O) groups is 2. The van der Waals surface area contributed by atoms with Crippen molar-refractivity contribution in [2.75, 3.05) is 19.7 Å². The van der Waals surface area contributed by atoms with Gasteiger partial charge in [0.15, 0.2) is 6.61 Å². The third kappa shape index (κ3) is 3.26. The molecule has 0 saturated carbocycles. The van der Waals surface area contributed by atoms with Crippen molar-refractivity contribution in [2.45, 2.75) is 6.92 Å². The maximum atomic E-state index is 11.7. The van der Waals surface area contributed by atoms with Gasteiger partial charge in [-0.15, -0.1) is 0 Å². The van der Waals surface area contributed by atoms with Crippen LogP contribution in [-0.2, 0) is 9.59 Å². The molecule has 0 aliphatic carbocycles. The summed E-state index contributed by atoms with van der Waals surface area (Å²) in [6.07, 6.45) is 0. The van der Waals surface area contributed by atoms with Gasteiger partial charge in [-0.3, -0.25) is 9.59 Å². The van der Waals surface area contributed by atoms with Crippen LogP contribution in [0.3, 0.4) is 0 Å². The molecule has 0 radical (unpaired) electrons. The molecule has 6 heteroatoms. The van der Waals surface area contributed by atoms with Gasteiger partial charge in [-0.2, -0.15) is 0 Å². The van der Waals surface area contributed by atoms with Crippen LogP contribution in [-0.4, -0.2) is 41.6 Å². The number of amides is 1. The van der Waals surface area contributed by atoms with Gasteiger partial charge in [0.25, 0.3) is 5.91 Å². The molecule has 0 bridgehead atoms. The van der Waals surface area contributed by atoms with Gasteiger partial charge in [0.1, 0.15) is 5.75 Å². The van der Waals surface area contributed by atoms with Crippen LogP contribution in [0.15, 0.2) is 22.7 Å². The molecular formula is C13H14BrNO4. The smallest absolute Gasteiger partial charge is 0.310 e. The molecule has 0 unspecified atom stereocenters. The van der Waals surface area contributed by atoms with Crippen molar-refractivity contribution in [3.8, 4) is 5.75 Å². The molecule has 1 aliphatic heterocycles. The number of halogens is 1. The van der Waals surface area contributed by atoms with Crippen LogP contribution < -0.4 is 4.74 Å². The Morgan fingerprint density at radius 1 is 1.47 bits per heavy atom. The summed E-state index contributed by atoms with van der Waals surface area (Å²) in [4.78, 5) is 23.9. The van der Waals surface area contributed by atoms with E-state index in [2.05, 4.69) is 15.9 Å². The molecule has 1 aromatic carbocycles.